The molecule has 0 N–H and O–H groups in total. The smallest absolute Gasteiger partial charge is 1.00 e. The second-order valence-corrected chi connectivity index (χ2v) is 0. The Balaban J connectivity index is 0. The van der Waals surface area contributed by atoms with Gasteiger partial charge in [-0.25, -0.2) is 0 Å². The fourth-order valence-corrected chi connectivity index (χ4v) is 0. The van der Waals surface area contributed by atoms with Gasteiger partial charge in [-0.3, -0.25) is 0 Å². The van der Waals surface area contributed by atoms with Crippen LogP contribution in [-0.2, 0) is 34.1 Å². The van der Waals surface area contributed by atoms with Gasteiger partial charge in [-0.1, -0.05) is 0 Å². The molecule has 0 aliphatic rings. The van der Waals surface area contributed by atoms with Crippen molar-refractivity contribution in [3.63, 3.8) is 0 Å². The quantitative estimate of drug-likeness (QED) is 0.213. The Morgan fingerprint density at radius 2 is 1.12 bits per heavy atom. The van der Waals surface area contributed by atoms with Gasteiger partial charge in [-0.05, 0) is 0 Å². The second-order valence-electron chi connectivity index (χ2n) is 0. The molecule has 5 radical (unpaired) electrons. The first-order valence-electron chi connectivity index (χ1n) is 0. The van der Waals surface area contributed by atoms with Gasteiger partial charge in [0.25, 0.3) is 0 Å². The minimum absolute atomic E-state index is 0. The molecule has 0 amide bonds. The summed E-state index contributed by atoms with van der Waals surface area (Å²) in [5, 5.41) is 0. The van der Waals surface area contributed by atoms with Crippen molar-refractivity contribution in [1.82, 2.24) is 0 Å². The van der Waals surface area contributed by atoms with Crippen LogP contribution >= 0.6 is 12.4 Å². The molecule has 0 nitrogen and oxygen atoms in total. The first kappa shape index (κ1) is 58.9. The van der Waals surface area contributed by atoms with Gasteiger partial charge in [0.1, 0.15) is 0 Å². The Labute approximate surface area is 221 Å². The molecule has 43 valence electrons. The van der Waals surface area contributed by atoms with E-state index in [4.69, 9.17) is 0 Å². The number of halogens is 1. The van der Waals surface area contributed by atoms with Crippen LogP contribution in [0.3, 0.4) is 0 Å². The predicted octanol–water partition coefficient (Wildman–Crippen LogP) is -5.73. The Hall–Kier alpha value is 7.26. The number of rotatable bonds is 0. The van der Waals surface area contributed by atoms with E-state index in [1.165, 1.54) is 0 Å². The average molecular weight is 897 g/mol. The van der Waals surface area contributed by atoms with Gasteiger partial charge in [-0.15, -0.1) is 12.4 Å². The van der Waals surface area contributed by atoms with Gasteiger partial charge in [0.2, 0.25) is 0 Å². The molecular weight excluding hydrogens is 894 g/mol. The molecule has 0 aromatic heterocycles. The molecule has 0 rings (SSSR count). The van der Waals surface area contributed by atoms with Crippen LogP contribution in [0.5, 0.6) is 0 Å². The fraction of sp³-hybridized carbons (Fsp3) is 0. The molecule has 0 aliphatic carbocycles. The van der Waals surface area contributed by atoms with Crippen molar-refractivity contribution >= 4 is 39.7 Å². The zero-order chi connectivity index (χ0) is 0. The molecule has 8 heteroatoms. The molecule has 0 aromatic carbocycles. The van der Waals surface area contributed by atoms with Gasteiger partial charge in [0.15, 0.2) is 0 Å². The van der Waals surface area contributed by atoms with Crippen molar-refractivity contribution in [2.24, 2.45) is 0 Å². The number of hydrogen-bond donors (Lipinski definition) is 0. The van der Waals surface area contributed by atoms with E-state index in [9.17, 15) is 0 Å². The van der Waals surface area contributed by atoms with Crippen LogP contribution in [0.4, 0.5) is 0 Å². The summed E-state index contributed by atoms with van der Waals surface area (Å²) in [6.07, 6.45) is 0. The molecule has 0 fully saturated rings. The van der Waals surface area contributed by atoms with Crippen molar-refractivity contribution in [3.8, 4) is 0 Å². The third kappa shape index (κ3) is 37.8. The van der Waals surface area contributed by atoms with E-state index >= 15 is 0 Å². The molecule has 0 bridgehead atoms. The second kappa shape index (κ2) is 47.6. The number of hydrogen-bond acceptors (Lipinski definition) is 0. The minimum Gasteiger partial charge on any atom is -1.00 e. The molecule has 0 aliphatic heterocycles. The summed E-state index contributed by atoms with van der Waals surface area (Å²) >= 11 is 0. The summed E-state index contributed by atoms with van der Waals surface area (Å²) in [4.78, 5) is 0. The summed E-state index contributed by atoms with van der Waals surface area (Å²) in [6, 6.07) is 0. The van der Waals surface area contributed by atoms with Crippen LogP contribution in [0.15, 0.2) is 0 Å². The summed E-state index contributed by atoms with van der Waals surface area (Å²) in [7, 11) is 0. The minimum atomic E-state index is 0. The van der Waals surface area contributed by atoms with Crippen molar-refractivity contribution in [3.05, 3.63) is 0 Å². The fourth-order valence-electron chi connectivity index (χ4n) is 0. The van der Waals surface area contributed by atoms with Gasteiger partial charge in [0.05, 0.1) is 0 Å². The van der Waals surface area contributed by atoms with Gasteiger partial charge < -0.3 is 2.85 Å². The standard InChI is InChI=1S/ClH.Cu.Fe.K.Na.Pb.Th.U.2H/h1H;;;;;;;;;/q;;;2*+1;;;;2*-1. The summed E-state index contributed by atoms with van der Waals surface area (Å²) in [6.45, 7) is 0. The summed E-state index contributed by atoms with van der Waals surface area (Å²) in [5.41, 5.74) is 0. The van der Waals surface area contributed by atoms with Crippen molar-refractivity contribution in [1.29, 1.82) is 0 Å². The SMILES string of the molecule is Cl.[Cu].[Fe].[H-].[H-].[K+].[Na+].[Pb].[Th].[U]. The maximum Gasteiger partial charge on any atom is 1.00 e. The predicted molar refractivity (Wildman–Crippen MR) is 15.2 cm³/mol. The van der Waals surface area contributed by atoms with Crippen molar-refractivity contribution in [2.45, 2.75) is 0 Å². The van der Waals surface area contributed by atoms with Crippen LogP contribution in [0.2, 0.25) is 0 Å². The average Bonchev–Trinajstić information content (AvgIpc) is 0. The van der Waals surface area contributed by atoms with E-state index < -0.39 is 0 Å². The van der Waals surface area contributed by atoms with E-state index in [2.05, 4.69) is 0 Å². The van der Waals surface area contributed by atoms with Crippen LogP contribution in [0.25, 0.3) is 0 Å². The van der Waals surface area contributed by atoms with E-state index in [0.717, 1.165) is 0 Å². The van der Waals surface area contributed by atoms with E-state index in [1.807, 2.05) is 0 Å². The molecule has 0 spiro atoms. The summed E-state index contributed by atoms with van der Waals surface area (Å²) < 4.78 is 0. The third-order valence-corrected chi connectivity index (χ3v) is 0. The first-order valence-corrected chi connectivity index (χ1v) is 0. The molecule has 0 saturated carbocycles. The maximum absolute atomic E-state index is 0. The van der Waals surface area contributed by atoms with Gasteiger partial charge in [0, 0.05) is 132 Å². The zero-order valence-electron chi connectivity index (χ0n) is 6.56. The third-order valence-electron chi connectivity index (χ3n) is 0. The van der Waals surface area contributed by atoms with E-state index in [-0.39, 0.29) is 229 Å². The zero-order valence-corrected chi connectivity index (χ0v) is 24.7. The van der Waals surface area contributed by atoms with Gasteiger partial charge in [-0.2, -0.15) is 0 Å². The Morgan fingerprint density at radius 1 is 1.12 bits per heavy atom. The molecule has 8 heavy (non-hydrogen) atoms. The van der Waals surface area contributed by atoms with Crippen LogP contribution in [0, 0.1) is 71.1 Å². The van der Waals surface area contributed by atoms with E-state index in [1.54, 1.807) is 0 Å². The van der Waals surface area contributed by atoms with Gasteiger partial charge >= 0.3 is 80.9 Å². The van der Waals surface area contributed by atoms with Crippen LogP contribution in [0.1, 0.15) is 2.85 Å². The molecule has 0 atom stereocenters. The molecule has 0 saturated heterocycles. The topological polar surface area (TPSA) is 0 Å². The van der Waals surface area contributed by atoms with Crippen molar-refractivity contribution < 1.29 is 189 Å². The van der Waals surface area contributed by atoms with Crippen LogP contribution < -0.4 is 80.9 Å². The Kier molecular flexibility index (Phi) is 350. The summed E-state index contributed by atoms with van der Waals surface area (Å²) in [5.74, 6) is 0. The maximum atomic E-state index is 0. The van der Waals surface area contributed by atoms with E-state index in [0.29, 0.717) is 0 Å². The molecule has 0 aromatic rings. The molecular formula is H3ClCuFeKNaPbThU. The normalized spacial score (nSPS) is 0. The van der Waals surface area contributed by atoms with Crippen LogP contribution in [-0.4, -0.2) is 27.3 Å². The Morgan fingerprint density at radius 3 is 1.12 bits per heavy atom. The van der Waals surface area contributed by atoms with Crippen molar-refractivity contribution in [2.75, 3.05) is 0 Å². The monoisotopic (exact) mass is 897 g/mol. The first-order chi connectivity index (χ1) is 0. The molecule has 0 unspecified atom stereocenters. The molecule has 0 heterocycles. The largest absolute Gasteiger partial charge is 1.00 e. The Bertz CT molecular complexity index is 31.2.